The normalized spacial score (nSPS) is 10.2. The van der Waals surface area contributed by atoms with Gasteiger partial charge in [0.05, 0.1) is 0 Å². The molecule has 0 saturated carbocycles. The molecular formula is C15H16BrMgO2+. The molecule has 0 amide bonds. The summed E-state index contributed by atoms with van der Waals surface area (Å²) in [5.74, 6) is 0.547. The first-order chi connectivity index (χ1) is 8.00. The second-order valence-corrected chi connectivity index (χ2v) is 4.72. The van der Waals surface area contributed by atoms with Gasteiger partial charge in [-0.2, -0.15) is 0 Å². The van der Waals surface area contributed by atoms with Gasteiger partial charge in [0.1, 0.15) is 11.5 Å². The maximum Gasteiger partial charge on any atom is 2.00 e. The van der Waals surface area contributed by atoms with Gasteiger partial charge in [-0.1, -0.05) is 38.1 Å². The summed E-state index contributed by atoms with van der Waals surface area (Å²) >= 11 is 0. The zero-order chi connectivity index (χ0) is 12.5. The van der Waals surface area contributed by atoms with E-state index in [1.54, 1.807) is 24.3 Å². The number of halogens is 1. The predicted molar refractivity (Wildman–Crippen MR) is 74.1 cm³/mol. The molecule has 2 N–H and O–H groups in total. The zero-order valence-electron chi connectivity index (χ0n) is 11.1. The van der Waals surface area contributed by atoms with E-state index in [0.717, 1.165) is 11.1 Å². The van der Waals surface area contributed by atoms with Gasteiger partial charge in [-0.25, -0.2) is 0 Å². The number of aromatic hydroxyl groups is 2. The fourth-order valence-electron chi connectivity index (χ4n) is 1.92. The Labute approximate surface area is 140 Å². The fraction of sp³-hybridized carbons (Fsp3) is 0.200. The molecule has 0 saturated heterocycles. The Morgan fingerprint density at radius 2 is 0.947 bits per heavy atom. The van der Waals surface area contributed by atoms with Crippen LogP contribution in [0.5, 0.6) is 11.5 Å². The Kier molecular flexibility index (Phi) is 6.90. The van der Waals surface area contributed by atoms with Gasteiger partial charge in [0, 0.05) is 5.41 Å². The van der Waals surface area contributed by atoms with E-state index in [1.165, 1.54) is 0 Å². The Hall–Kier alpha value is -0.714. The first kappa shape index (κ1) is 18.3. The molecule has 0 aliphatic carbocycles. The van der Waals surface area contributed by atoms with Crippen molar-refractivity contribution in [2.75, 3.05) is 0 Å². The van der Waals surface area contributed by atoms with Crippen molar-refractivity contribution in [2.45, 2.75) is 19.3 Å². The maximum atomic E-state index is 9.30. The molecule has 0 aliphatic heterocycles. The molecule has 0 unspecified atom stereocenters. The molecule has 96 valence electrons. The minimum atomic E-state index is -0.151. The van der Waals surface area contributed by atoms with Gasteiger partial charge in [0.25, 0.3) is 0 Å². The number of benzene rings is 2. The minimum Gasteiger partial charge on any atom is -1.00 e. The molecule has 2 rings (SSSR count). The van der Waals surface area contributed by atoms with E-state index in [0.29, 0.717) is 0 Å². The number of phenolic OH excluding ortho intramolecular Hbond substituents is 2. The summed E-state index contributed by atoms with van der Waals surface area (Å²) in [4.78, 5) is 0. The van der Waals surface area contributed by atoms with Crippen molar-refractivity contribution in [3.8, 4) is 11.5 Å². The number of phenols is 2. The second kappa shape index (κ2) is 7.17. The molecule has 0 spiro atoms. The first-order valence-electron chi connectivity index (χ1n) is 5.59. The van der Waals surface area contributed by atoms with Crippen molar-refractivity contribution in [2.24, 2.45) is 0 Å². The Morgan fingerprint density at radius 1 is 0.684 bits per heavy atom. The molecule has 0 aliphatic rings. The van der Waals surface area contributed by atoms with Gasteiger partial charge in [-0.3, -0.25) is 0 Å². The SMILES string of the molecule is CC(C)(c1ccc(O)cc1)c1ccc(O)cc1.[Br-].[Mg+2]. The van der Waals surface area contributed by atoms with Crippen LogP contribution in [0.3, 0.4) is 0 Å². The van der Waals surface area contributed by atoms with E-state index >= 15 is 0 Å². The summed E-state index contributed by atoms with van der Waals surface area (Å²) in [6, 6.07) is 14.4. The van der Waals surface area contributed by atoms with Gasteiger partial charge < -0.3 is 27.2 Å². The van der Waals surface area contributed by atoms with Crippen LogP contribution in [0.25, 0.3) is 0 Å². The molecule has 19 heavy (non-hydrogen) atoms. The summed E-state index contributed by atoms with van der Waals surface area (Å²) in [6.45, 7) is 4.23. The van der Waals surface area contributed by atoms with Crippen LogP contribution in [-0.2, 0) is 5.41 Å². The van der Waals surface area contributed by atoms with Crippen LogP contribution < -0.4 is 17.0 Å². The Morgan fingerprint density at radius 3 is 1.21 bits per heavy atom. The maximum absolute atomic E-state index is 9.30. The van der Waals surface area contributed by atoms with E-state index < -0.39 is 0 Å². The molecule has 2 aromatic carbocycles. The van der Waals surface area contributed by atoms with E-state index in [1.807, 2.05) is 24.3 Å². The third-order valence-corrected chi connectivity index (χ3v) is 3.18. The van der Waals surface area contributed by atoms with E-state index in [2.05, 4.69) is 13.8 Å². The molecule has 2 nitrogen and oxygen atoms in total. The van der Waals surface area contributed by atoms with Gasteiger partial charge in [-0.15, -0.1) is 0 Å². The van der Waals surface area contributed by atoms with Crippen LogP contribution in [0.4, 0.5) is 0 Å². The van der Waals surface area contributed by atoms with Crippen LogP contribution >= 0.6 is 0 Å². The molecule has 0 bridgehead atoms. The number of hydrogen-bond acceptors (Lipinski definition) is 2. The second-order valence-electron chi connectivity index (χ2n) is 4.72. The standard InChI is InChI=1S/C15H16O2.BrH.Mg/c1-15(2,11-3-7-13(16)8-4-11)12-5-9-14(17)10-6-12;;/h3-10,16-17H,1-2H3;1H;/q;;+2/p-1. The third-order valence-electron chi connectivity index (χ3n) is 3.18. The Balaban J connectivity index is 0.00000162. The van der Waals surface area contributed by atoms with Crippen molar-refractivity contribution in [1.29, 1.82) is 0 Å². The van der Waals surface area contributed by atoms with E-state index in [-0.39, 0.29) is 56.9 Å². The van der Waals surface area contributed by atoms with Crippen molar-refractivity contribution >= 4 is 23.1 Å². The van der Waals surface area contributed by atoms with Crippen molar-refractivity contribution in [3.05, 3.63) is 59.7 Å². The molecule has 4 heteroatoms. The third kappa shape index (κ3) is 4.13. The topological polar surface area (TPSA) is 40.5 Å². The summed E-state index contributed by atoms with van der Waals surface area (Å²) < 4.78 is 0. The zero-order valence-corrected chi connectivity index (χ0v) is 14.1. The average molecular weight is 332 g/mol. The average Bonchev–Trinajstić information content (AvgIpc) is 2.30. The molecule has 2 aromatic rings. The smallest absolute Gasteiger partial charge is 1.00 e. The van der Waals surface area contributed by atoms with Gasteiger partial charge >= 0.3 is 23.1 Å². The van der Waals surface area contributed by atoms with E-state index in [4.69, 9.17) is 0 Å². The van der Waals surface area contributed by atoms with Crippen LogP contribution in [0.15, 0.2) is 48.5 Å². The van der Waals surface area contributed by atoms with Gasteiger partial charge in [0.15, 0.2) is 0 Å². The molecule has 0 aromatic heterocycles. The van der Waals surface area contributed by atoms with E-state index in [9.17, 15) is 10.2 Å². The van der Waals surface area contributed by atoms with Crippen LogP contribution in [0.2, 0.25) is 0 Å². The van der Waals surface area contributed by atoms with Crippen molar-refractivity contribution in [1.82, 2.24) is 0 Å². The molecule has 0 radical (unpaired) electrons. The van der Waals surface area contributed by atoms with Gasteiger partial charge in [0.2, 0.25) is 0 Å². The van der Waals surface area contributed by atoms with Crippen molar-refractivity contribution in [3.63, 3.8) is 0 Å². The van der Waals surface area contributed by atoms with Crippen LogP contribution in [-0.4, -0.2) is 33.3 Å². The fourth-order valence-corrected chi connectivity index (χ4v) is 1.92. The minimum absolute atomic E-state index is 0. The summed E-state index contributed by atoms with van der Waals surface area (Å²) in [5, 5.41) is 18.6. The predicted octanol–water partition coefficient (Wildman–Crippen LogP) is 0.0469. The quantitative estimate of drug-likeness (QED) is 0.763. The number of hydrogen-bond donors (Lipinski definition) is 2. The largest absolute Gasteiger partial charge is 2.00 e. The summed E-state index contributed by atoms with van der Waals surface area (Å²) in [6.07, 6.45) is 0. The first-order valence-corrected chi connectivity index (χ1v) is 5.59. The number of rotatable bonds is 2. The van der Waals surface area contributed by atoms with Gasteiger partial charge in [-0.05, 0) is 35.4 Å². The monoisotopic (exact) mass is 331 g/mol. The van der Waals surface area contributed by atoms with Crippen molar-refractivity contribution < 1.29 is 27.2 Å². The van der Waals surface area contributed by atoms with Crippen LogP contribution in [0.1, 0.15) is 25.0 Å². The summed E-state index contributed by atoms with van der Waals surface area (Å²) in [5.41, 5.74) is 2.10. The molecular weight excluding hydrogens is 316 g/mol. The molecule has 0 atom stereocenters. The van der Waals surface area contributed by atoms with Crippen LogP contribution in [0, 0.1) is 0 Å². The molecule has 0 heterocycles. The molecule has 0 fully saturated rings. The summed E-state index contributed by atoms with van der Waals surface area (Å²) in [7, 11) is 0. The Bertz CT molecular complexity index is 459.